The maximum atomic E-state index is 13.2. The highest BCUT2D eigenvalue weighted by Crippen LogP contribution is 2.39. The summed E-state index contributed by atoms with van der Waals surface area (Å²) < 4.78 is 11.1. The average molecular weight is 411 g/mol. The van der Waals surface area contributed by atoms with Crippen molar-refractivity contribution in [2.24, 2.45) is 0 Å². The predicted molar refractivity (Wildman–Crippen MR) is 112 cm³/mol. The van der Waals surface area contributed by atoms with E-state index in [4.69, 9.17) is 9.15 Å². The van der Waals surface area contributed by atoms with Gasteiger partial charge in [0.15, 0.2) is 11.5 Å². The van der Waals surface area contributed by atoms with E-state index in [1.54, 1.807) is 43.3 Å². The molecule has 7 nitrogen and oxygen atoms in total. The summed E-state index contributed by atoms with van der Waals surface area (Å²) >= 11 is 0. The quantitative estimate of drug-likeness (QED) is 0.486. The molecule has 0 radical (unpaired) electrons. The van der Waals surface area contributed by atoms with Gasteiger partial charge in [-0.1, -0.05) is 24.8 Å². The smallest absolute Gasteiger partial charge is 0.290 e. The highest BCUT2D eigenvalue weighted by molar-refractivity contribution is 6.15. The van der Waals surface area contributed by atoms with Crippen LogP contribution in [0, 0.1) is 6.92 Å². The van der Waals surface area contributed by atoms with Crippen molar-refractivity contribution in [2.45, 2.75) is 13.0 Å². The minimum atomic E-state index is -0.734. The molecular weight excluding hydrogens is 384 g/mol. The van der Waals surface area contributed by atoms with Crippen molar-refractivity contribution in [3.05, 3.63) is 77.5 Å². The van der Waals surface area contributed by atoms with Crippen molar-refractivity contribution in [3.8, 4) is 5.75 Å². The summed E-state index contributed by atoms with van der Waals surface area (Å²) in [7, 11) is 3.95. The number of aryl methyl sites for hydroxylation is 1. The van der Waals surface area contributed by atoms with Crippen LogP contribution in [0.4, 0.5) is 0 Å². The molecule has 0 saturated carbocycles. The molecule has 1 aromatic carbocycles. The predicted octanol–water partition coefficient (Wildman–Crippen LogP) is 1.88. The van der Waals surface area contributed by atoms with Crippen LogP contribution in [-0.2, 0) is 4.79 Å². The molecule has 2 heterocycles. The average Bonchev–Trinajstić information content (AvgIpc) is 3.26. The van der Waals surface area contributed by atoms with Gasteiger partial charge in [0.25, 0.3) is 5.91 Å². The number of rotatable bonds is 9. The van der Waals surface area contributed by atoms with Gasteiger partial charge in [0.2, 0.25) is 5.78 Å². The number of hydrogen-bond acceptors (Lipinski definition) is 5. The molecule has 0 aliphatic carbocycles. The third kappa shape index (κ3) is 4.31. The fourth-order valence-corrected chi connectivity index (χ4v) is 3.43. The van der Waals surface area contributed by atoms with Crippen LogP contribution in [0.2, 0.25) is 0 Å². The summed E-state index contributed by atoms with van der Waals surface area (Å²) in [5, 5.41) is 10.6. The number of Topliss-reactive ketones (excluding diaryl/α,β-unsaturated/α-hetero) is 1. The molecule has 1 aliphatic rings. The van der Waals surface area contributed by atoms with Gasteiger partial charge in [-0.15, -0.1) is 0 Å². The Hall–Kier alpha value is -3.32. The van der Waals surface area contributed by atoms with E-state index in [1.807, 2.05) is 20.2 Å². The van der Waals surface area contributed by atoms with Crippen molar-refractivity contribution in [3.63, 3.8) is 0 Å². The zero-order valence-corrected chi connectivity index (χ0v) is 17.5. The second kappa shape index (κ2) is 9.00. The minimum absolute atomic E-state index is 0.0176. The largest absolute Gasteiger partial charge is 0.503 e. The molecule has 0 fully saturated rings. The van der Waals surface area contributed by atoms with Crippen molar-refractivity contribution in [1.82, 2.24) is 4.90 Å². The number of quaternary nitrogens is 1. The Morgan fingerprint density at radius 2 is 2.10 bits per heavy atom. The summed E-state index contributed by atoms with van der Waals surface area (Å²) in [5.41, 5.74) is 0.693. The van der Waals surface area contributed by atoms with Crippen molar-refractivity contribution in [1.29, 1.82) is 0 Å². The van der Waals surface area contributed by atoms with Crippen LogP contribution in [0.5, 0.6) is 5.75 Å². The van der Waals surface area contributed by atoms with E-state index in [9.17, 15) is 14.7 Å². The Labute approximate surface area is 175 Å². The number of amides is 1. The third-order valence-corrected chi connectivity index (χ3v) is 4.91. The topological polar surface area (TPSA) is 84.4 Å². The Morgan fingerprint density at radius 1 is 1.33 bits per heavy atom. The molecule has 0 spiro atoms. The highest BCUT2D eigenvalue weighted by atomic mass is 16.5. The molecule has 1 amide bonds. The van der Waals surface area contributed by atoms with Crippen molar-refractivity contribution >= 4 is 11.7 Å². The third-order valence-electron chi connectivity index (χ3n) is 4.91. The van der Waals surface area contributed by atoms with E-state index in [2.05, 4.69) is 6.58 Å². The number of furan rings is 1. The van der Waals surface area contributed by atoms with E-state index < -0.39 is 23.5 Å². The number of nitrogens with one attached hydrogen (secondary N) is 1. The zero-order valence-electron chi connectivity index (χ0n) is 17.5. The monoisotopic (exact) mass is 411 g/mol. The van der Waals surface area contributed by atoms with Crippen LogP contribution in [0.15, 0.2) is 64.8 Å². The Morgan fingerprint density at radius 3 is 2.73 bits per heavy atom. The standard InChI is InChI=1S/C23H26N2O5/c1-5-13-29-17-8-6-7-16(14-17)20-19(21(26)18-10-9-15(2)30-18)22(27)23(28)25(20)12-11-24(3)4/h5-10,14,20,27H,1,11-13H2,2-4H3/p+1/t20-/m0/s1. The van der Waals surface area contributed by atoms with E-state index in [1.165, 1.54) is 4.90 Å². The van der Waals surface area contributed by atoms with Crippen LogP contribution in [-0.4, -0.2) is 55.5 Å². The minimum Gasteiger partial charge on any atom is -0.503 e. The number of likely N-dealkylation sites (N-methyl/N-ethyl adjacent to an activating group) is 1. The van der Waals surface area contributed by atoms with E-state index in [0.717, 1.165) is 4.90 Å². The van der Waals surface area contributed by atoms with Crippen LogP contribution in [0.3, 0.4) is 0 Å². The van der Waals surface area contributed by atoms with Crippen LogP contribution < -0.4 is 9.64 Å². The number of carbonyl (C=O) groups excluding carboxylic acids is 2. The second-order valence-electron chi connectivity index (χ2n) is 7.53. The summed E-state index contributed by atoms with van der Waals surface area (Å²) in [6.07, 6.45) is 1.64. The number of nitrogens with zero attached hydrogens (tertiary/aromatic N) is 1. The molecule has 7 heteroatoms. The van der Waals surface area contributed by atoms with Gasteiger partial charge in [0.1, 0.15) is 18.1 Å². The van der Waals surface area contributed by atoms with Gasteiger partial charge < -0.3 is 24.1 Å². The zero-order chi connectivity index (χ0) is 21.8. The van der Waals surface area contributed by atoms with Gasteiger partial charge >= 0.3 is 0 Å². The van der Waals surface area contributed by atoms with E-state index in [-0.39, 0.29) is 11.3 Å². The molecule has 3 rings (SSSR count). The molecule has 1 aromatic heterocycles. The fraction of sp³-hybridized carbons (Fsp3) is 0.304. The lowest BCUT2D eigenvalue weighted by atomic mass is 9.95. The number of hydrogen-bond donors (Lipinski definition) is 2. The Balaban J connectivity index is 2.05. The maximum Gasteiger partial charge on any atom is 0.290 e. The highest BCUT2D eigenvalue weighted by Gasteiger charge is 2.44. The van der Waals surface area contributed by atoms with Gasteiger partial charge in [-0.2, -0.15) is 0 Å². The van der Waals surface area contributed by atoms with Crippen LogP contribution >= 0.6 is 0 Å². The molecule has 0 unspecified atom stereocenters. The van der Waals surface area contributed by atoms with Crippen LogP contribution in [0.25, 0.3) is 0 Å². The van der Waals surface area contributed by atoms with Gasteiger partial charge in [-0.05, 0) is 36.8 Å². The number of ketones is 1. The molecule has 0 saturated heterocycles. The molecule has 2 N–H and O–H groups in total. The molecule has 1 aliphatic heterocycles. The molecule has 1 atom stereocenters. The number of aliphatic hydroxyl groups excluding tert-OH is 1. The lowest BCUT2D eigenvalue weighted by Crippen LogP contribution is -3.06. The summed E-state index contributed by atoms with van der Waals surface area (Å²) in [4.78, 5) is 28.8. The second-order valence-corrected chi connectivity index (χ2v) is 7.53. The number of ether oxygens (including phenoxy) is 1. The Kier molecular flexibility index (Phi) is 6.42. The SMILES string of the molecule is C=CCOc1cccc([C@H]2C(C(=O)c3ccc(C)o3)=C(O)C(=O)N2CC[NH+](C)C)c1. The fourth-order valence-electron chi connectivity index (χ4n) is 3.43. The van der Waals surface area contributed by atoms with E-state index >= 15 is 0 Å². The first kappa shape index (κ1) is 21.4. The van der Waals surface area contributed by atoms with Gasteiger partial charge in [0.05, 0.1) is 38.8 Å². The summed E-state index contributed by atoms with van der Waals surface area (Å²) in [5.74, 6) is -0.352. The number of aliphatic hydroxyl groups is 1. The van der Waals surface area contributed by atoms with Crippen molar-refractivity contribution in [2.75, 3.05) is 33.8 Å². The van der Waals surface area contributed by atoms with Gasteiger partial charge in [-0.3, -0.25) is 9.59 Å². The van der Waals surface area contributed by atoms with E-state index in [0.29, 0.717) is 36.8 Å². The van der Waals surface area contributed by atoms with Gasteiger partial charge in [-0.25, -0.2) is 0 Å². The first-order valence-electron chi connectivity index (χ1n) is 9.81. The molecule has 30 heavy (non-hydrogen) atoms. The molecular formula is C23H27N2O5+. The first-order chi connectivity index (χ1) is 14.3. The number of carbonyl (C=O) groups is 2. The number of benzene rings is 1. The van der Waals surface area contributed by atoms with Crippen molar-refractivity contribution < 1.29 is 28.7 Å². The van der Waals surface area contributed by atoms with Gasteiger partial charge in [0, 0.05) is 0 Å². The molecule has 158 valence electrons. The molecule has 0 bridgehead atoms. The molecule has 2 aromatic rings. The normalized spacial score (nSPS) is 16.5. The maximum absolute atomic E-state index is 13.2. The lowest BCUT2D eigenvalue weighted by Gasteiger charge is -2.27. The summed E-state index contributed by atoms with van der Waals surface area (Å²) in [6, 6.07) is 9.66. The lowest BCUT2D eigenvalue weighted by molar-refractivity contribution is -0.857. The first-order valence-corrected chi connectivity index (χ1v) is 9.81. The Bertz CT molecular complexity index is 989. The van der Waals surface area contributed by atoms with Crippen LogP contribution in [0.1, 0.15) is 27.9 Å². The summed E-state index contributed by atoms with van der Waals surface area (Å²) in [6.45, 7) is 6.74.